The quantitative estimate of drug-likeness (QED) is 0.773. The van der Waals surface area contributed by atoms with Crippen LogP contribution in [0, 0.1) is 0 Å². The summed E-state index contributed by atoms with van der Waals surface area (Å²) in [5, 5.41) is 3.40. The fraction of sp³-hybridized carbons (Fsp3) is 0.0556. The van der Waals surface area contributed by atoms with Gasteiger partial charge in [-0.1, -0.05) is 54.1 Å². The first kappa shape index (κ1) is 14.4. The Bertz CT molecular complexity index is 754. The van der Waals surface area contributed by atoms with E-state index in [9.17, 15) is 4.79 Å². The van der Waals surface area contributed by atoms with E-state index in [4.69, 9.17) is 16.0 Å². The third-order valence-corrected chi connectivity index (χ3v) is 3.68. The van der Waals surface area contributed by atoms with Crippen LogP contribution in [0.15, 0.2) is 77.4 Å². The molecule has 3 rings (SSSR count). The maximum Gasteiger partial charge on any atom is 0.253 e. The molecule has 3 nitrogen and oxygen atoms in total. The normalized spacial score (nSPS) is 11.9. The van der Waals surface area contributed by atoms with Gasteiger partial charge in [-0.25, -0.2) is 0 Å². The highest BCUT2D eigenvalue weighted by Gasteiger charge is 2.20. The monoisotopic (exact) mass is 311 g/mol. The second-order valence-electron chi connectivity index (χ2n) is 4.81. The van der Waals surface area contributed by atoms with Crippen LogP contribution in [0.1, 0.15) is 27.7 Å². The number of hydrogen-bond donors (Lipinski definition) is 1. The summed E-state index contributed by atoms with van der Waals surface area (Å²) >= 11 is 6.09. The summed E-state index contributed by atoms with van der Waals surface area (Å²) in [5.74, 6) is 0.433. The number of halogens is 1. The molecule has 110 valence electrons. The molecule has 0 aliphatic heterocycles. The van der Waals surface area contributed by atoms with Crippen molar-refractivity contribution in [1.29, 1.82) is 0 Å². The molecule has 0 saturated carbocycles. The van der Waals surface area contributed by atoms with Gasteiger partial charge >= 0.3 is 0 Å². The number of hydrogen-bond acceptors (Lipinski definition) is 2. The highest BCUT2D eigenvalue weighted by atomic mass is 35.5. The highest BCUT2D eigenvalue weighted by Crippen LogP contribution is 2.24. The average Bonchev–Trinajstić information content (AvgIpc) is 3.08. The van der Waals surface area contributed by atoms with Gasteiger partial charge in [0.2, 0.25) is 0 Å². The van der Waals surface area contributed by atoms with Crippen LogP contribution in [0.4, 0.5) is 0 Å². The third kappa shape index (κ3) is 3.05. The van der Waals surface area contributed by atoms with E-state index in [1.165, 1.54) is 0 Å². The molecular formula is C18H14ClNO2. The molecule has 0 bridgehead atoms. The van der Waals surface area contributed by atoms with Crippen molar-refractivity contribution in [2.75, 3.05) is 0 Å². The van der Waals surface area contributed by atoms with Crippen molar-refractivity contribution >= 4 is 17.5 Å². The van der Waals surface area contributed by atoms with Gasteiger partial charge in [-0.2, -0.15) is 0 Å². The molecular weight excluding hydrogens is 298 g/mol. The van der Waals surface area contributed by atoms with E-state index in [1.807, 2.05) is 36.4 Å². The smallest absolute Gasteiger partial charge is 0.253 e. The van der Waals surface area contributed by atoms with Gasteiger partial charge in [0.05, 0.1) is 16.8 Å². The predicted molar refractivity (Wildman–Crippen MR) is 85.9 cm³/mol. The van der Waals surface area contributed by atoms with Crippen LogP contribution < -0.4 is 5.32 Å². The third-order valence-electron chi connectivity index (χ3n) is 3.35. The van der Waals surface area contributed by atoms with Crippen molar-refractivity contribution in [3.8, 4) is 0 Å². The van der Waals surface area contributed by atoms with Gasteiger partial charge in [-0.15, -0.1) is 0 Å². The first-order valence-electron chi connectivity index (χ1n) is 6.89. The second-order valence-corrected chi connectivity index (χ2v) is 5.22. The molecule has 3 aromatic rings. The Hall–Kier alpha value is -2.52. The summed E-state index contributed by atoms with van der Waals surface area (Å²) < 4.78 is 5.47. The summed E-state index contributed by atoms with van der Waals surface area (Å²) in [7, 11) is 0. The molecule has 22 heavy (non-hydrogen) atoms. The largest absolute Gasteiger partial charge is 0.467 e. The molecule has 2 aromatic carbocycles. The lowest BCUT2D eigenvalue weighted by Crippen LogP contribution is -2.29. The van der Waals surface area contributed by atoms with Crippen molar-refractivity contribution in [1.82, 2.24) is 5.32 Å². The topological polar surface area (TPSA) is 42.2 Å². The molecule has 0 saturated heterocycles. The van der Waals surface area contributed by atoms with Crippen molar-refractivity contribution in [2.45, 2.75) is 6.04 Å². The lowest BCUT2D eigenvalue weighted by Gasteiger charge is -2.17. The Labute approximate surface area is 133 Å². The van der Waals surface area contributed by atoms with Crippen LogP contribution in [-0.2, 0) is 0 Å². The van der Waals surface area contributed by atoms with Gasteiger partial charge in [-0.05, 0) is 29.8 Å². The number of nitrogens with one attached hydrogen (secondary N) is 1. The van der Waals surface area contributed by atoms with Crippen molar-refractivity contribution < 1.29 is 9.21 Å². The molecule has 1 N–H and O–H groups in total. The molecule has 0 fully saturated rings. The van der Waals surface area contributed by atoms with Crippen LogP contribution in [0.25, 0.3) is 0 Å². The van der Waals surface area contributed by atoms with Gasteiger partial charge in [0.1, 0.15) is 11.8 Å². The molecule has 1 unspecified atom stereocenters. The van der Waals surface area contributed by atoms with Gasteiger partial charge in [0, 0.05) is 0 Å². The Kier molecular flexibility index (Phi) is 4.26. The molecule has 0 aliphatic rings. The summed E-state index contributed by atoms with van der Waals surface area (Å²) in [4.78, 5) is 12.5. The van der Waals surface area contributed by atoms with E-state index in [0.29, 0.717) is 16.3 Å². The minimum atomic E-state index is -0.361. The maximum atomic E-state index is 12.5. The number of benzene rings is 2. The zero-order valence-corrected chi connectivity index (χ0v) is 12.5. The van der Waals surface area contributed by atoms with E-state index in [0.717, 1.165) is 5.56 Å². The summed E-state index contributed by atoms with van der Waals surface area (Å²) in [6.07, 6.45) is 1.59. The van der Waals surface area contributed by atoms with Crippen LogP contribution in [0.2, 0.25) is 5.02 Å². The van der Waals surface area contributed by atoms with E-state index in [1.54, 1.807) is 36.6 Å². The van der Waals surface area contributed by atoms with E-state index in [-0.39, 0.29) is 11.9 Å². The number of rotatable bonds is 4. The summed E-state index contributed by atoms with van der Waals surface area (Å²) in [6, 6.07) is 19.9. The predicted octanol–water partition coefficient (Wildman–Crippen LogP) is 4.45. The van der Waals surface area contributed by atoms with Gasteiger partial charge < -0.3 is 9.73 Å². The van der Waals surface area contributed by atoms with Gasteiger partial charge in [0.25, 0.3) is 5.91 Å². The fourth-order valence-electron chi connectivity index (χ4n) is 2.27. The number of amides is 1. The van der Waals surface area contributed by atoms with Crippen molar-refractivity contribution in [2.24, 2.45) is 0 Å². The molecule has 1 aromatic heterocycles. The minimum absolute atomic E-state index is 0.240. The average molecular weight is 312 g/mol. The standard InChI is InChI=1S/C18H14ClNO2/c19-15-10-5-4-9-14(15)18(21)20-17(16-11-6-12-22-16)13-7-2-1-3-8-13/h1-12,17H,(H,20,21). The van der Waals surface area contributed by atoms with Gasteiger partial charge in [0.15, 0.2) is 0 Å². The van der Waals surface area contributed by atoms with Crippen molar-refractivity contribution in [3.63, 3.8) is 0 Å². The van der Waals surface area contributed by atoms with Crippen LogP contribution in [0.3, 0.4) is 0 Å². The molecule has 0 radical (unpaired) electrons. The fourth-order valence-corrected chi connectivity index (χ4v) is 2.50. The minimum Gasteiger partial charge on any atom is -0.467 e. The SMILES string of the molecule is O=C(NC(c1ccccc1)c1ccco1)c1ccccc1Cl. The molecule has 1 amide bonds. The van der Waals surface area contributed by atoms with Crippen LogP contribution >= 0.6 is 11.6 Å². The maximum absolute atomic E-state index is 12.5. The Morgan fingerprint density at radius 1 is 0.955 bits per heavy atom. The zero-order chi connectivity index (χ0) is 15.4. The molecule has 0 spiro atoms. The van der Waals surface area contributed by atoms with Crippen LogP contribution in [0.5, 0.6) is 0 Å². The van der Waals surface area contributed by atoms with Crippen LogP contribution in [-0.4, -0.2) is 5.91 Å². The first-order chi connectivity index (χ1) is 10.8. The molecule has 0 aliphatic carbocycles. The van der Waals surface area contributed by atoms with E-state index in [2.05, 4.69) is 5.32 Å². The lowest BCUT2D eigenvalue weighted by atomic mass is 10.0. The zero-order valence-electron chi connectivity index (χ0n) is 11.7. The Morgan fingerprint density at radius 2 is 1.68 bits per heavy atom. The molecule has 1 atom stereocenters. The summed E-state index contributed by atoms with van der Waals surface area (Å²) in [6.45, 7) is 0. The number of carbonyl (C=O) groups is 1. The molecule has 1 heterocycles. The van der Waals surface area contributed by atoms with Crippen molar-refractivity contribution in [3.05, 3.63) is 94.9 Å². The molecule has 4 heteroatoms. The first-order valence-corrected chi connectivity index (χ1v) is 7.27. The lowest BCUT2D eigenvalue weighted by molar-refractivity contribution is 0.0939. The number of furan rings is 1. The Balaban J connectivity index is 1.91. The van der Waals surface area contributed by atoms with E-state index >= 15 is 0 Å². The highest BCUT2D eigenvalue weighted by molar-refractivity contribution is 6.33. The number of carbonyl (C=O) groups excluding carboxylic acids is 1. The van der Waals surface area contributed by atoms with Gasteiger partial charge in [-0.3, -0.25) is 4.79 Å². The second kappa shape index (κ2) is 6.50. The summed E-state index contributed by atoms with van der Waals surface area (Å²) in [5.41, 5.74) is 1.38. The van der Waals surface area contributed by atoms with E-state index < -0.39 is 0 Å². The Morgan fingerprint density at radius 3 is 2.36 bits per heavy atom.